The molecule has 0 atom stereocenters. The second kappa shape index (κ2) is 14.9. The number of carbonyl (C=O) groups excluding carboxylic acids is 1. The van der Waals surface area contributed by atoms with Crippen molar-refractivity contribution >= 4 is 50.8 Å². The molecule has 34 heavy (non-hydrogen) atoms. The van der Waals surface area contributed by atoms with E-state index in [0.717, 1.165) is 6.54 Å². The van der Waals surface area contributed by atoms with Crippen molar-refractivity contribution in [1.29, 1.82) is 0 Å². The number of carbonyl (C=O) groups is 1. The number of piperidine rings is 1. The number of para-hydroxylation sites is 2. The zero-order valence-corrected chi connectivity index (χ0v) is 22.5. The van der Waals surface area contributed by atoms with E-state index in [9.17, 15) is 0 Å². The number of hydrogen-bond acceptors (Lipinski definition) is 4. The quantitative estimate of drug-likeness (QED) is 0.266. The van der Waals surface area contributed by atoms with Gasteiger partial charge in [0.25, 0.3) is 0 Å². The number of alkyl halides is 1. The Balaban J connectivity index is 0.000000633. The first-order valence-electron chi connectivity index (χ1n) is 12.1. The van der Waals surface area contributed by atoms with Crippen molar-refractivity contribution in [2.75, 3.05) is 26.0 Å². The summed E-state index contributed by atoms with van der Waals surface area (Å²) in [6.07, 6.45) is 7.48. The molecule has 2 aromatic carbocycles. The third kappa shape index (κ3) is 6.91. The van der Waals surface area contributed by atoms with Crippen LogP contribution in [0.5, 0.6) is 0 Å². The van der Waals surface area contributed by atoms with Gasteiger partial charge in [-0.1, -0.05) is 44.2 Å². The number of aryl methyl sites for hydroxylation is 2. The van der Waals surface area contributed by atoms with E-state index in [1.165, 1.54) is 77.0 Å². The number of fused-ring (bicyclic) bond motifs is 2. The fourth-order valence-corrected chi connectivity index (χ4v) is 5.68. The van der Waals surface area contributed by atoms with Crippen LogP contribution in [0.3, 0.4) is 0 Å². The molecular weight excluding hydrogens is 462 g/mol. The van der Waals surface area contributed by atoms with E-state index < -0.39 is 0 Å². The Kier molecular flexibility index (Phi) is 12.3. The molecule has 0 saturated carbocycles. The van der Waals surface area contributed by atoms with Crippen molar-refractivity contribution < 1.29 is 4.79 Å². The maximum atomic E-state index is 8.00. The van der Waals surface area contributed by atoms with Gasteiger partial charge in [-0.25, -0.2) is 4.98 Å². The Bertz CT molecular complexity index is 1080. The van der Waals surface area contributed by atoms with Crippen molar-refractivity contribution in [3.63, 3.8) is 0 Å². The normalized spacial score (nSPS) is 13.9. The Morgan fingerprint density at radius 1 is 1.00 bits per heavy atom. The number of likely N-dealkylation sites (tertiary alicyclic amines) is 1. The highest BCUT2D eigenvalue weighted by Crippen LogP contribution is 2.33. The molecule has 0 bridgehead atoms. The smallest absolute Gasteiger partial charge is 0.106 e. The summed E-state index contributed by atoms with van der Waals surface area (Å²) in [6.45, 7) is 12.9. The number of benzene rings is 2. The largest absolute Gasteiger partial charge is 0.347 e. The number of rotatable bonds is 5. The highest BCUT2D eigenvalue weighted by Gasteiger charge is 2.23. The van der Waals surface area contributed by atoms with Gasteiger partial charge in [0, 0.05) is 35.9 Å². The Morgan fingerprint density at radius 2 is 1.65 bits per heavy atom. The number of thiazole rings is 1. The third-order valence-electron chi connectivity index (χ3n) is 6.11. The minimum atomic E-state index is 0.643. The molecule has 6 heteroatoms. The Morgan fingerprint density at radius 3 is 2.35 bits per heavy atom. The lowest BCUT2D eigenvalue weighted by Gasteiger charge is -2.31. The number of hydrogen-bond donors (Lipinski definition) is 0. The van der Waals surface area contributed by atoms with E-state index >= 15 is 0 Å². The van der Waals surface area contributed by atoms with Gasteiger partial charge in [-0.2, -0.15) is 0 Å². The molecule has 4 aromatic rings. The Hall–Kier alpha value is -2.21. The lowest BCUT2D eigenvalue weighted by atomic mass is 9.97. The minimum absolute atomic E-state index is 0.643. The first-order valence-corrected chi connectivity index (χ1v) is 13.6. The highest BCUT2D eigenvalue weighted by atomic mass is 35.5. The van der Waals surface area contributed by atoms with Crippen molar-refractivity contribution in [2.45, 2.75) is 52.5 Å². The van der Waals surface area contributed by atoms with Crippen LogP contribution in [0.1, 0.15) is 49.6 Å². The Labute approximate surface area is 213 Å². The molecule has 2 aromatic heterocycles. The number of aromatic nitrogens is 2. The summed E-state index contributed by atoms with van der Waals surface area (Å²) in [4.78, 5) is 15.5. The minimum Gasteiger partial charge on any atom is -0.347 e. The summed E-state index contributed by atoms with van der Waals surface area (Å²) < 4.78 is 3.76. The van der Waals surface area contributed by atoms with Crippen LogP contribution in [0, 0.1) is 6.92 Å². The molecule has 0 spiro atoms. The van der Waals surface area contributed by atoms with Gasteiger partial charge < -0.3 is 14.3 Å². The van der Waals surface area contributed by atoms with E-state index in [1.54, 1.807) is 0 Å². The summed E-state index contributed by atoms with van der Waals surface area (Å²) in [7, 11) is 0. The van der Waals surface area contributed by atoms with Gasteiger partial charge in [0.1, 0.15) is 6.79 Å². The third-order valence-corrected chi connectivity index (χ3v) is 7.31. The molecule has 0 radical (unpaired) electrons. The summed E-state index contributed by atoms with van der Waals surface area (Å²) in [5.74, 6) is 0.643. The molecule has 3 heterocycles. The van der Waals surface area contributed by atoms with Crippen LogP contribution in [0.25, 0.3) is 21.1 Å². The fourth-order valence-electron chi connectivity index (χ4n) is 4.55. The zero-order chi connectivity index (χ0) is 24.9. The summed E-state index contributed by atoms with van der Waals surface area (Å²) >= 11 is 6.53. The van der Waals surface area contributed by atoms with E-state index in [-0.39, 0.29) is 0 Å². The molecule has 0 amide bonds. The van der Waals surface area contributed by atoms with Gasteiger partial charge in [-0.05, 0) is 69.6 Å². The van der Waals surface area contributed by atoms with Crippen molar-refractivity contribution in [1.82, 2.24) is 14.5 Å². The van der Waals surface area contributed by atoms with Crippen LogP contribution in [0.15, 0.2) is 54.7 Å². The SMILES string of the molecule is C=O.CC.CCl.Cc1cn(CCCN2CCC(c3nc4ccccc4s3)CC2)c2ccccc12. The second-order valence-corrected chi connectivity index (χ2v) is 9.07. The molecule has 1 aliphatic rings. The molecule has 1 aliphatic heterocycles. The van der Waals surface area contributed by atoms with Gasteiger partial charge in [-0.3, -0.25) is 0 Å². The molecule has 0 aliphatic carbocycles. The topological polar surface area (TPSA) is 38.1 Å². The number of halogens is 1. The molecule has 184 valence electrons. The molecule has 5 rings (SSSR count). The molecule has 1 saturated heterocycles. The molecule has 0 unspecified atom stereocenters. The average molecular weight is 500 g/mol. The van der Waals surface area contributed by atoms with Gasteiger partial charge >= 0.3 is 0 Å². The first kappa shape index (κ1) is 28.0. The van der Waals surface area contributed by atoms with Gasteiger partial charge in [0.15, 0.2) is 0 Å². The van der Waals surface area contributed by atoms with Crippen molar-refractivity contribution in [3.05, 3.63) is 65.3 Å². The van der Waals surface area contributed by atoms with Crippen LogP contribution in [-0.2, 0) is 11.3 Å². The second-order valence-electron chi connectivity index (χ2n) is 8.01. The van der Waals surface area contributed by atoms with Crippen LogP contribution in [-0.4, -0.2) is 47.3 Å². The molecule has 0 N–H and O–H groups in total. The predicted octanol–water partition coefficient (Wildman–Crippen LogP) is 7.53. The lowest BCUT2D eigenvalue weighted by molar-refractivity contribution is -0.0979. The van der Waals surface area contributed by atoms with Gasteiger partial charge in [0.05, 0.1) is 15.2 Å². The van der Waals surface area contributed by atoms with E-state index in [0.29, 0.717) is 5.92 Å². The van der Waals surface area contributed by atoms with E-state index in [1.807, 2.05) is 32.0 Å². The zero-order valence-electron chi connectivity index (χ0n) is 21.0. The summed E-state index contributed by atoms with van der Waals surface area (Å²) in [5, 5.41) is 2.73. The standard InChI is InChI=1S/C24H27N3S.C2H6.CH3Cl.CH2O/c1-18-17-27(22-9-4-2-7-20(18)22)14-6-13-26-15-11-19(12-16-26)24-25-21-8-3-5-10-23(21)28-24;3*1-2/h2-5,7-10,17,19H,6,11-16H2,1H3;1-2H3;1H3;1H2. The maximum Gasteiger partial charge on any atom is 0.106 e. The predicted molar refractivity (Wildman–Crippen MR) is 150 cm³/mol. The summed E-state index contributed by atoms with van der Waals surface area (Å²) in [5.41, 5.74) is 3.92. The monoisotopic (exact) mass is 499 g/mol. The van der Waals surface area contributed by atoms with Crippen LogP contribution in [0.4, 0.5) is 0 Å². The first-order chi connectivity index (χ1) is 16.8. The van der Waals surface area contributed by atoms with E-state index in [2.05, 4.69) is 82.7 Å². The van der Waals surface area contributed by atoms with Gasteiger partial charge in [0.2, 0.25) is 0 Å². The van der Waals surface area contributed by atoms with Crippen molar-refractivity contribution in [3.8, 4) is 0 Å². The lowest BCUT2D eigenvalue weighted by Crippen LogP contribution is -2.34. The van der Waals surface area contributed by atoms with Gasteiger partial charge in [-0.15, -0.1) is 22.9 Å². The number of nitrogens with zero attached hydrogens (tertiary/aromatic N) is 3. The fraction of sp³-hybridized carbons (Fsp3) is 0.429. The molecule has 1 fully saturated rings. The highest BCUT2D eigenvalue weighted by molar-refractivity contribution is 7.18. The van der Waals surface area contributed by atoms with Crippen molar-refractivity contribution in [2.24, 2.45) is 0 Å². The molecular formula is C28H38ClN3OS. The maximum absolute atomic E-state index is 8.00. The van der Waals surface area contributed by atoms with Crippen LogP contribution in [0.2, 0.25) is 0 Å². The van der Waals surface area contributed by atoms with Crippen LogP contribution >= 0.6 is 22.9 Å². The van der Waals surface area contributed by atoms with E-state index in [4.69, 9.17) is 9.78 Å². The molecule has 4 nitrogen and oxygen atoms in total. The average Bonchev–Trinajstić information content (AvgIpc) is 3.49. The van der Waals surface area contributed by atoms with Crippen LogP contribution < -0.4 is 0 Å². The summed E-state index contributed by atoms with van der Waals surface area (Å²) in [6, 6.07) is 17.3.